The number of aliphatic hydroxyl groups is 4. The van der Waals surface area contributed by atoms with Crippen molar-refractivity contribution in [3.05, 3.63) is 47.6 Å². The largest absolute Gasteiger partial charge is 0.453 e. The highest BCUT2D eigenvalue weighted by Crippen LogP contribution is 2.39. The second-order valence-corrected chi connectivity index (χ2v) is 9.26. The van der Waals surface area contributed by atoms with Gasteiger partial charge in [-0.15, -0.1) is 0 Å². The molecule has 33 heavy (non-hydrogen) atoms. The molecule has 1 rings (SSSR count). The minimum absolute atomic E-state index is 0.114. The molecule has 1 aliphatic rings. The quantitative estimate of drug-likeness (QED) is 0.243. The summed E-state index contributed by atoms with van der Waals surface area (Å²) >= 11 is 0. The Balaban J connectivity index is 3.33. The first kappa shape index (κ1) is 28.8. The molecule has 0 radical (unpaired) electrons. The van der Waals surface area contributed by atoms with Gasteiger partial charge in [0.25, 0.3) is 0 Å². The van der Waals surface area contributed by atoms with Gasteiger partial charge in [-0.25, -0.2) is 9.59 Å². The second-order valence-electron chi connectivity index (χ2n) is 9.26. The van der Waals surface area contributed by atoms with Crippen LogP contribution in [-0.4, -0.2) is 68.0 Å². The van der Waals surface area contributed by atoms with Crippen molar-refractivity contribution in [1.29, 1.82) is 0 Å². The maximum absolute atomic E-state index is 12.4. The van der Waals surface area contributed by atoms with Crippen LogP contribution in [0.25, 0.3) is 0 Å². The molecular weight excluding hydrogens is 428 g/mol. The van der Waals surface area contributed by atoms with Crippen molar-refractivity contribution < 1.29 is 39.5 Å². The summed E-state index contributed by atoms with van der Waals surface area (Å²) in [6.07, 6.45) is 0.547. The van der Waals surface area contributed by atoms with Crippen LogP contribution in [-0.2, 0) is 19.1 Å². The molecule has 6 atom stereocenters. The van der Waals surface area contributed by atoms with Gasteiger partial charge in [-0.1, -0.05) is 24.8 Å². The van der Waals surface area contributed by atoms with E-state index in [1.807, 2.05) is 0 Å². The smallest absolute Gasteiger partial charge is 0.334 e. The van der Waals surface area contributed by atoms with E-state index in [0.717, 1.165) is 0 Å². The van der Waals surface area contributed by atoms with Gasteiger partial charge < -0.3 is 29.9 Å². The summed E-state index contributed by atoms with van der Waals surface area (Å²) in [5, 5.41) is 42.6. The van der Waals surface area contributed by atoms with Crippen molar-refractivity contribution in [2.75, 3.05) is 0 Å². The zero-order valence-corrected chi connectivity index (χ0v) is 20.5. The molecule has 0 aromatic heterocycles. The van der Waals surface area contributed by atoms with E-state index >= 15 is 0 Å². The van der Waals surface area contributed by atoms with Gasteiger partial charge >= 0.3 is 11.9 Å². The lowest BCUT2D eigenvalue weighted by Crippen LogP contribution is -2.63. The molecule has 8 heteroatoms. The number of carbonyl (C=O) groups excluding carboxylic acids is 2. The fourth-order valence-corrected chi connectivity index (χ4v) is 3.35. The number of ether oxygens (including phenoxy) is 2. The van der Waals surface area contributed by atoms with Crippen molar-refractivity contribution in [3.8, 4) is 0 Å². The zero-order valence-electron chi connectivity index (χ0n) is 20.5. The molecule has 0 heterocycles. The lowest BCUT2D eigenvalue weighted by molar-refractivity contribution is -0.221. The molecule has 0 saturated heterocycles. The van der Waals surface area contributed by atoms with E-state index in [9.17, 15) is 30.0 Å². The number of rotatable bonds is 8. The number of hydrogen-bond donors (Lipinski definition) is 4. The molecule has 186 valence electrons. The van der Waals surface area contributed by atoms with Crippen LogP contribution in [0, 0.1) is 5.92 Å². The first-order valence-corrected chi connectivity index (χ1v) is 10.9. The van der Waals surface area contributed by atoms with Crippen molar-refractivity contribution in [1.82, 2.24) is 0 Å². The van der Waals surface area contributed by atoms with Crippen LogP contribution in [0.1, 0.15) is 54.9 Å². The predicted octanol–water partition coefficient (Wildman–Crippen LogP) is 2.12. The Morgan fingerprint density at radius 1 is 1.12 bits per heavy atom. The average molecular weight is 467 g/mol. The van der Waals surface area contributed by atoms with Crippen LogP contribution < -0.4 is 0 Å². The lowest BCUT2D eigenvalue weighted by atomic mass is 9.70. The van der Waals surface area contributed by atoms with Crippen molar-refractivity contribution in [2.45, 2.75) is 90.5 Å². The summed E-state index contributed by atoms with van der Waals surface area (Å²) in [5.74, 6) is -2.25. The van der Waals surface area contributed by atoms with Gasteiger partial charge in [0.2, 0.25) is 0 Å². The van der Waals surface area contributed by atoms with E-state index in [4.69, 9.17) is 9.47 Å². The van der Waals surface area contributed by atoms with Crippen LogP contribution in [0.5, 0.6) is 0 Å². The van der Waals surface area contributed by atoms with Gasteiger partial charge in [-0.05, 0) is 66.5 Å². The zero-order chi connectivity index (χ0) is 25.7. The molecule has 0 aromatic carbocycles. The summed E-state index contributed by atoms with van der Waals surface area (Å²) in [7, 11) is 0. The van der Waals surface area contributed by atoms with Gasteiger partial charge in [0.1, 0.15) is 17.8 Å². The highest BCUT2D eigenvalue weighted by molar-refractivity contribution is 5.88. The normalized spacial score (nSPS) is 30.2. The molecule has 0 unspecified atom stereocenters. The molecule has 0 aliphatic heterocycles. The molecule has 8 nitrogen and oxygen atoms in total. The molecule has 4 N–H and O–H groups in total. The van der Waals surface area contributed by atoms with Gasteiger partial charge in [-0.3, -0.25) is 0 Å². The van der Waals surface area contributed by atoms with E-state index in [1.165, 1.54) is 45.9 Å². The first-order chi connectivity index (χ1) is 15.1. The van der Waals surface area contributed by atoms with Crippen molar-refractivity contribution in [3.63, 3.8) is 0 Å². The Morgan fingerprint density at radius 3 is 2.12 bits per heavy atom. The van der Waals surface area contributed by atoms with Crippen molar-refractivity contribution in [2.24, 2.45) is 5.92 Å². The number of carbonyl (C=O) groups is 2. The maximum Gasteiger partial charge on any atom is 0.334 e. The van der Waals surface area contributed by atoms with E-state index in [0.29, 0.717) is 5.57 Å². The predicted molar refractivity (Wildman–Crippen MR) is 124 cm³/mol. The Morgan fingerprint density at radius 2 is 1.64 bits per heavy atom. The van der Waals surface area contributed by atoms with E-state index in [1.54, 1.807) is 26.8 Å². The molecule has 0 bridgehead atoms. The van der Waals surface area contributed by atoms with Gasteiger partial charge in [0.15, 0.2) is 6.10 Å². The third-order valence-corrected chi connectivity index (χ3v) is 5.95. The molecule has 0 amide bonds. The minimum atomic E-state index is -1.92. The lowest BCUT2D eigenvalue weighted by Gasteiger charge is -2.47. The van der Waals surface area contributed by atoms with Gasteiger partial charge in [-0.2, -0.15) is 0 Å². The molecule has 1 saturated carbocycles. The highest BCUT2D eigenvalue weighted by Gasteiger charge is 2.54. The maximum atomic E-state index is 12.4. The third kappa shape index (κ3) is 7.37. The van der Waals surface area contributed by atoms with Gasteiger partial charge in [0.05, 0.1) is 11.7 Å². The Hall–Kier alpha value is -2.26. The first-order valence-electron chi connectivity index (χ1n) is 10.9. The number of allylic oxidation sites excluding steroid dienone is 2. The van der Waals surface area contributed by atoms with E-state index < -0.39 is 53.5 Å². The van der Waals surface area contributed by atoms with Crippen LogP contribution >= 0.6 is 0 Å². The number of esters is 2. The average Bonchev–Trinajstić information content (AvgIpc) is 2.73. The fourth-order valence-electron chi connectivity index (χ4n) is 3.35. The van der Waals surface area contributed by atoms with E-state index in [-0.39, 0.29) is 17.6 Å². The van der Waals surface area contributed by atoms with Crippen molar-refractivity contribution >= 4 is 11.9 Å². The fraction of sp³-hybridized carbons (Fsp3) is 0.600. The summed E-state index contributed by atoms with van der Waals surface area (Å²) < 4.78 is 10.9. The highest BCUT2D eigenvalue weighted by atomic mass is 16.6. The van der Waals surface area contributed by atoms with Crippen LogP contribution in [0.2, 0.25) is 0 Å². The monoisotopic (exact) mass is 466 g/mol. The van der Waals surface area contributed by atoms with Crippen LogP contribution in [0.4, 0.5) is 0 Å². The SMILES string of the molecule is C=C([C@H]1C[C@H](O)[C@@](C)(O)[C@@H](OC(=O)C(C)=CC)[C@H]1O)[C@@H](C=CC(C)(C)O)OC(=O)C(C)=CC. The standard InChI is InChI=1S/C25H38O8/c1-9-14(3)22(28)32-18(11-12-24(6,7)30)16(5)17-13-19(26)25(8,31)21(20(17)27)33-23(29)15(4)10-2/h9-12,17-21,26-27,30-31H,5,13H2,1-4,6-8H3/t17-,18-,19+,20+,21+,25-/m1/s1. The van der Waals surface area contributed by atoms with Gasteiger partial charge in [0, 0.05) is 17.1 Å². The molecule has 1 aliphatic carbocycles. The minimum Gasteiger partial charge on any atom is -0.453 e. The molecule has 1 fully saturated rings. The topological polar surface area (TPSA) is 134 Å². The van der Waals surface area contributed by atoms with E-state index in [2.05, 4.69) is 6.58 Å². The Labute approximate surface area is 195 Å². The summed E-state index contributed by atoms with van der Waals surface area (Å²) in [6.45, 7) is 14.8. The molecule has 0 aromatic rings. The Bertz CT molecular complexity index is 828. The second kappa shape index (κ2) is 11.2. The van der Waals surface area contributed by atoms with Crippen LogP contribution in [0.15, 0.2) is 47.6 Å². The number of hydrogen-bond acceptors (Lipinski definition) is 8. The molecule has 0 spiro atoms. The number of aliphatic hydroxyl groups excluding tert-OH is 2. The molecular formula is C25H38O8. The summed E-state index contributed by atoms with van der Waals surface area (Å²) in [4.78, 5) is 24.7. The summed E-state index contributed by atoms with van der Waals surface area (Å²) in [5.41, 5.74) is -2.29. The third-order valence-electron chi connectivity index (χ3n) is 5.95. The van der Waals surface area contributed by atoms with Crippen LogP contribution in [0.3, 0.4) is 0 Å². The summed E-state index contributed by atoms with van der Waals surface area (Å²) in [6, 6.07) is 0. The Kier molecular flexibility index (Phi) is 9.80.